The summed E-state index contributed by atoms with van der Waals surface area (Å²) in [6.45, 7) is 4.55. The summed E-state index contributed by atoms with van der Waals surface area (Å²) in [5.41, 5.74) is 5.33. The summed E-state index contributed by atoms with van der Waals surface area (Å²) in [6, 6.07) is 11.4. The highest BCUT2D eigenvalue weighted by atomic mass is 32.2. The van der Waals surface area contributed by atoms with Crippen LogP contribution in [-0.2, 0) is 15.8 Å². The van der Waals surface area contributed by atoms with Gasteiger partial charge in [-0.3, -0.25) is 14.1 Å². The highest BCUT2D eigenvalue weighted by Gasteiger charge is 2.35. The smallest absolute Gasteiger partial charge is 0.250 e. The topological polar surface area (TPSA) is 72.3 Å². The van der Waals surface area contributed by atoms with Crippen molar-refractivity contribution >= 4 is 15.7 Å². The van der Waals surface area contributed by atoms with Crippen molar-refractivity contribution in [2.75, 3.05) is 10.8 Å². The van der Waals surface area contributed by atoms with Crippen LogP contribution in [0.15, 0.2) is 59.8 Å². The van der Waals surface area contributed by atoms with Crippen LogP contribution in [0.1, 0.15) is 44.7 Å². The second-order valence-corrected chi connectivity index (χ2v) is 11.0. The molecule has 0 bridgehead atoms. The van der Waals surface area contributed by atoms with Gasteiger partial charge in [-0.25, -0.2) is 8.42 Å². The molecule has 1 aliphatic carbocycles. The Hall–Kier alpha value is -2.93. The van der Waals surface area contributed by atoms with Crippen LogP contribution < -0.4 is 9.86 Å². The molecule has 0 spiro atoms. The Morgan fingerprint density at radius 1 is 1.00 bits per heavy atom. The maximum Gasteiger partial charge on any atom is 0.250 e. The van der Waals surface area contributed by atoms with Crippen molar-refractivity contribution in [1.82, 2.24) is 9.55 Å². The number of hydrogen-bond donors (Lipinski definition) is 0. The number of benzene rings is 1. The lowest BCUT2D eigenvalue weighted by Crippen LogP contribution is -2.34. The van der Waals surface area contributed by atoms with Gasteiger partial charge in [-0.15, -0.1) is 0 Å². The van der Waals surface area contributed by atoms with Crippen LogP contribution in [0.4, 0.5) is 5.69 Å². The predicted octanol–water partition coefficient (Wildman–Crippen LogP) is 4.61. The van der Waals surface area contributed by atoms with Crippen LogP contribution in [0.5, 0.6) is 0 Å². The second kappa shape index (κ2) is 7.89. The number of anilines is 1. The average molecular weight is 450 g/mol. The maximum absolute atomic E-state index is 12.8. The Morgan fingerprint density at radius 2 is 1.72 bits per heavy atom. The van der Waals surface area contributed by atoms with Crippen molar-refractivity contribution in [1.29, 1.82) is 0 Å². The number of rotatable bonds is 5. The summed E-state index contributed by atoms with van der Waals surface area (Å²) in [4.78, 5) is 16.5. The van der Waals surface area contributed by atoms with Gasteiger partial charge in [0.15, 0.2) is 0 Å². The van der Waals surface area contributed by atoms with E-state index >= 15 is 0 Å². The Balaban J connectivity index is 1.48. The molecule has 0 saturated heterocycles. The Bertz CT molecular complexity index is 1340. The third-order valence-corrected chi connectivity index (χ3v) is 8.26. The van der Waals surface area contributed by atoms with E-state index in [4.69, 9.17) is 0 Å². The summed E-state index contributed by atoms with van der Waals surface area (Å²) in [6.07, 6.45) is 8.86. The zero-order valence-electron chi connectivity index (χ0n) is 18.4. The van der Waals surface area contributed by atoms with Gasteiger partial charge in [0.25, 0.3) is 5.56 Å². The van der Waals surface area contributed by atoms with Crippen LogP contribution in [-0.4, -0.2) is 24.5 Å². The molecule has 32 heavy (non-hydrogen) atoms. The van der Waals surface area contributed by atoms with E-state index in [1.54, 1.807) is 27.3 Å². The SMILES string of the molecule is CC(C)n1cc(-c2cncc(-c3ccc4c(c3)CS(=O)(=O)N4CC3CCC3)c2)ccc1=O. The molecule has 0 amide bonds. The van der Waals surface area contributed by atoms with Gasteiger partial charge in [-0.2, -0.15) is 0 Å². The van der Waals surface area contributed by atoms with Crippen molar-refractivity contribution in [2.45, 2.75) is 44.9 Å². The zero-order chi connectivity index (χ0) is 22.5. The molecule has 5 rings (SSSR count). The summed E-state index contributed by atoms with van der Waals surface area (Å²) >= 11 is 0. The number of sulfonamides is 1. The third kappa shape index (κ3) is 3.75. The van der Waals surface area contributed by atoms with Crippen molar-refractivity contribution in [3.05, 3.63) is 70.9 Å². The summed E-state index contributed by atoms with van der Waals surface area (Å²) in [5.74, 6) is 0.528. The average Bonchev–Trinajstić information content (AvgIpc) is 2.99. The second-order valence-electron chi connectivity index (χ2n) is 9.15. The van der Waals surface area contributed by atoms with E-state index in [0.717, 1.165) is 46.3 Å². The molecule has 0 atom stereocenters. The molecule has 3 heterocycles. The van der Waals surface area contributed by atoms with E-state index in [-0.39, 0.29) is 17.4 Å². The fourth-order valence-corrected chi connectivity index (χ4v) is 6.20. The van der Waals surface area contributed by atoms with Crippen LogP contribution in [0.3, 0.4) is 0 Å². The van der Waals surface area contributed by atoms with E-state index in [9.17, 15) is 13.2 Å². The van der Waals surface area contributed by atoms with Gasteiger partial charge in [0, 0.05) is 48.4 Å². The lowest BCUT2D eigenvalue weighted by Gasteiger charge is -2.30. The fourth-order valence-electron chi connectivity index (χ4n) is 4.50. The van der Waals surface area contributed by atoms with Crippen molar-refractivity contribution < 1.29 is 8.42 Å². The molecule has 2 aromatic heterocycles. The molecular formula is C25H27N3O3S. The Kier molecular flexibility index (Phi) is 5.16. The molecule has 0 N–H and O–H groups in total. The number of aromatic nitrogens is 2. The van der Waals surface area contributed by atoms with E-state index < -0.39 is 10.0 Å². The highest BCUT2D eigenvalue weighted by Crippen LogP contribution is 2.39. The van der Waals surface area contributed by atoms with Crippen molar-refractivity contribution in [3.63, 3.8) is 0 Å². The van der Waals surface area contributed by atoms with Gasteiger partial charge < -0.3 is 4.57 Å². The van der Waals surface area contributed by atoms with Crippen molar-refractivity contribution in [3.8, 4) is 22.3 Å². The number of hydrogen-bond acceptors (Lipinski definition) is 4. The first-order valence-corrected chi connectivity index (χ1v) is 12.7. The fraction of sp³-hybridized carbons (Fsp3) is 0.360. The molecule has 2 aliphatic rings. The normalized spacial score (nSPS) is 17.4. The molecular weight excluding hydrogens is 422 g/mol. The summed E-state index contributed by atoms with van der Waals surface area (Å²) < 4.78 is 28.9. The highest BCUT2D eigenvalue weighted by molar-refractivity contribution is 7.92. The van der Waals surface area contributed by atoms with Gasteiger partial charge in [0.1, 0.15) is 0 Å². The van der Waals surface area contributed by atoms with Gasteiger partial charge in [-0.1, -0.05) is 12.5 Å². The first-order valence-electron chi connectivity index (χ1n) is 11.1. The standard InChI is InChI=1S/C25H27N3O3S/c1-17(2)27-15-20(7-9-25(27)29)22-11-21(12-26-13-22)19-6-8-24-23(10-19)16-32(30,31)28(24)14-18-4-3-5-18/h6-13,15,17-18H,3-5,14,16H2,1-2H3. The molecule has 6 nitrogen and oxygen atoms in total. The van der Waals surface area contributed by atoms with Crippen LogP contribution in [0, 0.1) is 5.92 Å². The van der Waals surface area contributed by atoms with Gasteiger partial charge >= 0.3 is 0 Å². The van der Waals surface area contributed by atoms with Crippen LogP contribution in [0.25, 0.3) is 22.3 Å². The van der Waals surface area contributed by atoms with Gasteiger partial charge in [0.2, 0.25) is 10.0 Å². The zero-order valence-corrected chi connectivity index (χ0v) is 19.2. The molecule has 0 radical (unpaired) electrons. The van der Waals surface area contributed by atoms with E-state index in [1.807, 2.05) is 50.4 Å². The van der Waals surface area contributed by atoms with E-state index in [2.05, 4.69) is 4.98 Å². The molecule has 166 valence electrons. The third-order valence-electron chi connectivity index (χ3n) is 6.57. The lowest BCUT2D eigenvalue weighted by molar-refractivity contribution is 0.326. The largest absolute Gasteiger partial charge is 0.312 e. The molecule has 0 unspecified atom stereocenters. The van der Waals surface area contributed by atoms with Crippen LogP contribution in [0.2, 0.25) is 0 Å². The van der Waals surface area contributed by atoms with E-state index in [0.29, 0.717) is 12.5 Å². The molecule has 3 aromatic rings. The van der Waals surface area contributed by atoms with Gasteiger partial charge in [-0.05, 0) is 73.6 Å². The molecule has 1 aliphatic heterocycles. The molecule has 7 heteroatoms. The minimum atomic E-state index is -3.30. The summed E-state index contributed by atoms with van der Waals surface area (Å²) in [7, 11) is -3.30. The predicted molar refractivity (Wildman–Crippen MR) is 127 cm³/mol. The minimum Gasteiger partial charge on any atom is -0.312 e. The van der Waals surface area contributed by atoms with E-state index in [1.165, 1.54) is 6.42 Å². The monoisotopic (exact) mass is 449 g/mol. The Labute approximate surface area is 188 Å². The first-order chi connectivity index (χ1) is 15.3. The maximum atomic E-state index is 12.8. The molecule has 1 saturated carbocycles. The molecule has 1 fully saturated rings. The minimum absolute atomic E-state index is 0.0286. The van der Waals surface area contributed by atoms with Gasteiger partial charge in [0.05, 0.1) is 11.4 Å². The number of fused-ring (bicyclic) bond motifs is 1. The number of pyridine rings is 2. The quantitative estimate of drug-likeness (QED) is 0.570. The lowest BCUT2D eigenvalue weighted by atomic mass is 9.85. The first kappa shape index (κ1) is 20.9. The number of nitrogens with zero attached hydrogens (tertiary/aromatic N) is 3. The van der Waals surface area contributed by atoms with Crippen molar-refractivity contribution in [2.24, 2.45) is 5.92 Å². The Morgan fingerprint density at radius 3 is 2.41 bits per heavy atom. The molecule has 1 aromatic carbocycles. The summed E-state index contributed by atoms with van der Waals surface area (Å²) in [5, 5.41) is 0. The van der Waals surface area contributed by atoms with Crippen LogP contribution >= 0.6 is 0 Å².